The minimum absolute atomic E-state index is 0.273. The number of aryl methyl sites for hydroxylation is 1. The lowest BCUT2D eigenvalue weighted by atomic mass is 10.2. The Morgan fingerprint density at radius 2 is 2.11 bits per heavy atom. The van der Waals surface area contributed by atoms with Crippen LogP contribution in [0.25, 0.3) is 0 Å². The molecule has 0 bridgehead atoms. The van der Waals surface area contributed by atoms with Gasteiger partial charge < -0.3 is 10.1 Å². The van der Waals surface area contributed by atoms with Crippen molar-refractivity contribution in [1.29, 1.82) is 0 Å². The largest absolute Gasteiger partial charge is 0.495 e. The molecule has 0 fully saturated rings. The number of aromatic nitrogens is 1. The minimum Gasteiger partial charge on any atom is -0.495 e. The first kappa shape index (κ1) is 13.4. The maximum atomic E-state index is 12.0. The second-order valence-corrected chi connectivity index (χ2v) is 4.37. The van der Waals surface area contributed by atoms with Crippen LogP contribution in [0, 0.1) is 6.92 Å². The Bertz CT molecular complexity index is 614. The number of ether oxygens (including phenoxy) is 1. The van der Waals surface area contributed by atoms with Crippen molar-refractivity contribution >= 4 is 23.2 Å². The van der Waals surface area contributed by atoms with E-state index >= 15 is 0 Å². The van der Waals surface area contributed by atoms with Gasteiger partial charge in [0.05, 0.1) is 12.1 Å². The number of rotatable bonds is 3. The van der Waals surface area contributed by atoms with Gasteiger partial charge in [0.25, 0.3) is 5.91 Å². The fourth-order valence-corrected chi connectivity index (χ4v) is 1.87. The molecule has 4 nitrogen and oxygen atoms in total. The average Bonchev–Trinajstić information content (AvgIpc) is 2.39. The van der Waals surface area contributed by atoms with E-state index in [1.165, 1.54) is 7.11 Å². The van der Waals surface area contributed by atoms with Crippen molar-refractivity contribution in [3.05, 3.63) is 52.8 Å². The molecule has 1 aromatic carbocycles. The summed E-state index contributed by atoms with van der Waals surface area (Å²) in [6.07, 6.45) is 0. The molecule has 0 aliphatic carbocycles. The second-order valence-electron chi connectivity index (χ2n) is 3.97. The quantitative estimate of drug-likeness (QED) is 0.936. The summed E-state index contributed by atoms with van der Waals surface area (Å²) in [4.78, 5) is 16.1. The molecule has 1 aromatic heterocycles. The topological polar surface area (TPSA) is 51.2 Å². The summed E-state index contributed by atoms with van der Waals surface area (Å²) in [6.45, 7) is 1.83. The van der Waals surface area contributed by atoms with Crippen LogP contribution in [0.15, 0.2) is 36.4 Å². The van der Waals surface area contributed by atoms with Crippen molar-refractivity contribution in [2.24, 2.45) is 0 Å². The molecule has 5 heteroatoms. The van der Waals surface area contributed by atoms with Crippen molar-refractivity contribution < 1.29 is 9.53 Å². The molecule has 0 saturated heterocycles. The molecule has 19 heavy (non-hydrogen) atoms. The highest BCUT2D eigenvalue weighted by molar-refractivity contribution is 6.32. The molecule has 0 saturated carbocycles. The Morgan fingerprint density at radius 3 is 2.74 bits per heavy atom. The third kappa shape index (κ3) is 3.23. The van der Waals surface area contributed by atoms with Crippen molar-refractivity contribution in [1.82, 2.24) is 4.98 Å². The van der Waals surface area contributed by atoms with Gasteiger partial charge in [-0.05, 0) is 37.3 Å². The van der Waals surface area contributed by atoms with Crippen LogP contribution >= 0.6 is 11.6 Å². The minimum atomic E-state index is -0.273. The number of pyridine rings is 1. The van der Waals surface area contributed by atoms with E-state index in [-0.39, 0.29) is 5.91 Å². The lowest BCUT2D eigenvalue weighted by Gasteiger charge is -2.08. The fourth-order valence-electron chi connectivity index (χ4n) is 1.61. The Labute approximate surface area is 116 Å². The van der Waals surface area contributed by atoms with E-state index in [4.69, 9.17) is 16.3 Å². The number of anilines is 1. The number of methoxy groups -OCH3 is 1. The van der Waals surface area contributed by atoms with Gasteiger partial charge in [-0.2, -0.15) is 0 Å². The van der Waals surface area contributed by atoms with Gasteiger partial charge in [-0.1, -0.05) is 17.7 Å². The summed E-state index contributed by atoms with van der Waals surface area (Å²) >= 11 is 5.99. The average molecular weight is 277 g/mol. The van der Waals surface area contributed by atoms with E-state index in [1.807, 2.05) is 13.0 Å². The zero-order valence-electron chi connectivity index (χ0n) is 10.6. The molecule has 1 amide bonds. The number of benzene rings is 1. The Kier molecular flexibility index (Phi) is 4.02. The normalized spacial score (nSPS) is 10.1. The standard InChI is InChI=1S/C14H13ClN2O2/c1-9-4-3-5-12(16-9)14(18)17-10-6-7-13(19-2)11(15)8-10/h3-8H,1-2H3,(H,17,18). The van der Waals surface area contributed by atoms with Gasteiger partial charge in [-0.15, -0.1) is 0 Å². The zero-order chi connectivity index (χ0) is 13.8. The van der Waals surface area contributed by atoms with Gasteiger partial charge in [0.2, 0.25) is 0 Å². The van der Waals surface area contributed by atoms with E-state index in [9.17, 15) is 4.79 Å². The van der Waals surface area contributed by atoms with Gasteiger partial charge in [0.1, 0.15) is 11.4 Å². The Balaban J connectivity index is 2.17. The van der Waals surface area contributed by atoms with Gasteiger partial charge in [0, 0.05) is 11.4 Å². The maximum absolute atomic E-state index is 12.0. The first-order valence-electron chi connectivity index (χ1n) is 5.68. The molecule has 1 heterocycles. The number of nitrogens with one attached hydrogen (secondary N) is 1. The van der Waals surface area contributed by atoms with Crippen LogP contribution in [0.1, 0.15) is 16.2 Å². The molecule has 1 N–H and O–H groups in total. The lowest BCUT2D eigenvalue weighted by molar-refractivity contribution is 0.102. The predicted molar refractivity (Wildman–Crippen MR) is 74.9 cm³/mol. The molecule has 2 aromatic rings. The summed E-state index contributed by atoms with van der Waals surface area (Å²) in [5.74, 6) is 0.290. The van der Waals surface area contributed by atoms with Crippen LogP contribution in [0.4, 0.5) is 5.69 Å². The zero-order valence-corrected chi connectivity index (χ0v) is 11.4. The monoisotopic (exact) mass is 276 g/mol. The Hall–Kier alpha value is -2.07. The molecular formula is C14H13ClN2O2. The highest BCUT2D eigenvalue weighted by Crippen LogP contribution is 2.27. The summed E-state index contributed by atoms with van der Waals surface area (Å²) in [7, 11) is 1.54. The third-order valence-electron chi connectivity index (χ3n) is 2.53. The number of hydrogen-bond acceptors (Lipinski definition) is 3. The molecule has 0 aliphatic rings. The first-order valence-corrected chi connectivity index (χ1v) is 6.06. The van der Waals surface area contributed by atoms with E-state index in [1.54, 1.807) is 30.3 Å². The molecule has 0 radical (unpaired) electrons. The summed E-state index contributed by atoms with van der Waals surface area (Å²) in [6, 6.07) is 10.3. The highest BCUT2D eigenvalue weighted by atomic mass is 35.5. The smallest absolute Gasteiger partial charge is 0.274 e. The SMILES string of the molecule is COc1ccc(NC(=O)c2cccc(C)n2)cc1Cl. The van der Waals surface area contributed by atoms with E-state index in [0.29, 0.717) is 22.2 Å². The van der Waals surface area contributed by atoms with Crippen LogP contribution in [-0.2, 0) is 0 Å². The molecular weight excluding hydrogens is 264 g/mol. The number of carbonyl (C=O) groups is 1. The van der Waals surface area contributed by atoms with E-state index in [0.717, 1.165) is 5.69 Å². The van der Waals surface area contributed by atoms with Gasteiger partial charge in [-0.3, -0.25) is 4.79 Å². The number of amides is 1. The molecule has 98 valence electrons. The lowest BCUT2D eigenvalue weighted by Crippen LogP contribution is -2.13. The number of carbonyl (C=O) groups excluding carboxylic acids is 1. The van der Waals surface area contributed by atoms with Crippen molar-refractivity contribution in [3.63, 3.8) is 0 Å². The fraction of sp³-hybridized carbons (Fsp3) is 0.143. The van der Waals surface area contributed by atoms with Crippen LogP contribution in [-0.4, -0.2) is 18.0 Å². The van der Waals surface area contributed by atoms with Crippen LogP contribution in [0.5, 0.6) is 5.75 Å². The summed E-state index contributed by atoms with van der Waals surface area (Å²) in [5, 5.41) is 3.18. The van der Waals surface area contributed by atoms with Crippen molar-refractivity contribution in [2.45, 2.75) is 6.92 Å². The van der Waals surface area contributed by atoms with Crippen molar-refractivity contribution in [2.75, 3.05) is 12.4 Å². The van der Waals surface area contributed by atoms with Crippen LogP contribution in [0.2, 0.25) is 5.02 Å². The van der Waals surface area contributed by atoms with Crippen molar-refractivity contribution in [3.8, 4) is 5.75 Å². The summed E-state index contributed by atoms with van der Waals surface area (Å²) < 4.78 is 5.05. The second kappa shape index (κ2) is 5.71. The van der Waals surface area contributed by atoms with Gasteiger partial charge >= 0.3 is 0 Å². The number of halogens is 1. The van der Waals surface area contributed by atoms with E-state index < -0.39 is 0 Å². The number of hydrogen-bond donors (Lipinski definition) is 1. The molecule has 0 atom stereocenters. The third-order valence-corrected chi connectivity index (χ3v) is 2.83. The predicted octanol–water partition coefficient (Wildman–Crippen LogP) is 3.30. The highest BCUT2D eigenvalue weighted by Gasteiger charge is 2.09. The maximum Gasteiger partial charge on any atom is 0.274 e. The van der Waals surface area contributed by atoms with Gasteiger partial charge in [-0.25, -0.2) is 4.98 Å². The molecule has 0 aliphatic heterocycles. The molecule has 0 unspecified atom stereocenters. The Morgan fingerprint density at radius 1 is 1.32 bits per heavy atom. The van der Waals surface area contributed by atoms with Crippen LogP contribution in [0.3, 0.4) is 0 Å². The summed E-state index contributed by atoms with van der Waals surface area (Å²) in [5.41, 5.74) is 1.76. The van der Waals surface area contributed by atoms with Gasteiger partial charge in [0.15, 0.2) is 0 Å². The van der Waals surface area contributed by atoms with Crippen LogP contribution < -0.4 is 10.1 Å². The molecule has 0 spiro atoms. The molecule has 2 rings (SSSR count). The number of nitrogens with zero attached hydrogens (tertiary/aromatic N) is 1. The first-order chi connectivity index (χ1) is 9.10. The van der Waals surface area contributed by atoms with E-state index in [2.05, 4.69) is 10.3 Å².